The average Bonchev–Trinajstić information content (AvgIpc) is 3.40. The van der Waals surface area contributed by atoms with Crippen molar-refractivity contribution < 1.29 is 18.0 Å². The van der Waals surface area contributed by atoms with Crippen LogP contribution in [0.1, 0.15) is 35.8 Å². The summed E-state index contributed by atoms with van der Waals surface area (Å²) in [6, 6.07) is 7.22. The fourth-order valence-electron chi connectivity index (χ4n) is 3.26. The molecule has 0 bridgehead atoms. The van der Waals surface area contributed by atoms with Gasteiger partial charge in [0.2, 0.25) is 0 Å². The van der Waals surface area contributed by atoms with Gasteiger partial charge in [0.1, 0.15) is 5.82 Å². The van der Waals surface area contributed by atoms with Crippen molar-refractivity contribution >= 4 is 28.9 Å². The lowest BCUT2D eigenvalue weighted by Gasteiger charge is -2.10. The van der Waals surface area contributed by atoms with Gasteiger partial charge in [-0.05, 0) is 49.6 Å². The lowest BCUT2D eigenvalue weighted by molar-refractivity contribution is -0.137. The summed E-state index contributed by atoms with van der Waals surface area (Å²) in [5, 5.41) is 6.00. The highest BCUT2D eigenvalue weighted by Crippen LogP contribution is 2.38. The number of pyridine rings is 1. The van der Waals surface area contributed by atoms with Crippen LogP contribution in [0.15, 0.2) is 48.8 Å². The fraction of sp³-hybridized carbons (Fsp3) is 0.238. The molecule has 1 atom stereocenters. The summed E-state index contributed by atoms with van der Waals surface area (Å²) in [5.41, 5.74) is 0.0994. The van der Waals surface area contributed by atoms with E-state index in [9.17, 15) is 18.0 Å². The lowest BCUT2D eigenvalue weighted by Crippen LogP contribution is -2.20. The van der Waals surface area contributed by atoms with Crippen molar-refractivity contribution in [3.8, 4) is 10.4 Å². The molecular weight excluding hydrogens is 413 g/mol. The molecule has 1 fully saturated rings. The molecule has 4 rings (SSSR count). The van der Waals surface area contributed by atoms with E-state index in [2.05, 4.69) is 27.0 Å². The number of benzene rings is 1. The Kier molecular flexibility index (Phi) is 5.72. The van der Waals surface area contributed by atoms with Gasteiger partial charge in [-0.25, -0.2) is 14.8 Å². The second-order valence-corrected chi connectivity index (χ2v) is 7.99. The van der Waals surface area contributed by atoms with Crippen LogP contribution >= 0.6 is 11.3 Å². The third-order valence-corrected chi connectivity index (χ3v) is 5.93. The van der Waals surface area contributed by atoms with E-state index in [1.54, 1.807) is 23.6 Å². The predicted octanol–water partition coefficient (Wildman–Crippen LogP) is 6.34. The predicted molar refractivity (Wildman–Crippen MR) is 110 cm³/mol. The number of hydrogen-bond donors (Lipinski definition) is 2. The van der Waals surface area contributed by atoms with Crippen LogP contribution in [0.4, 0.5) is 29.5 Å². The number of urea groups is 1. The van der Waals surface area contributed by atoms with Gasteiger partial charge in [0.05, 0.1) is 15.4 Å². The molecule has 9 heteroatoms. The number of halogens is 3. The summed E-state index contributed by atoms with van der Waals surface area (Å²) < 4.78 is 38.3. The number of anilines is 2. The molecule has 1 aliphatic carbocycles. The highest BCUT2D eigenvalue weighted by molar-refractivity contribution is 7.15. The zero-order valence-corrected chi connectivity index (χ0v) is 16.6. The van der Waals surface area contributed by atoms with Crippen LogP contribution in [-0.4, -0.2) is 16.0 Å². The number of thiazole rings is 1. The maximum atomic E-state index is 12.8. The van der Waals surface area contributed by atoms with Gasteiger partial charge in [-0.15, -0.1) is 11.3 Å². The van der Waals surface area contributed by atoms with Crippen LogP contribution in [0.25, 0.3) is 10.4 Å². The SMILES string of the molecule is O=C(Nc1cccc(C(F)(F)F)c1)Nc1ccc(-c2cnc(C3[CH]CCC3)s2)cn1. The smallest absolute Gasteiger partial charge is 0.308 e. The highest BCUT2D eigenvalue weighted by atomic mass is 32.1. The number of alkyl halides is 3. The number of hydrogen-bond acceptors (Lipinski definition) is 4. The minimum Gasteiger partial charge on any atom is -0.308 e. The summed E-state index contributed by atoms with van der Waals surface area (Å²) in [6.07, 6.45) is 4.75. The van der Waals surface area contributed by atoms with E-state index < -0.39 is 17.8 Å². The van der Waals surface area contributed by atoms with Gasteiger partial charge < -0.3 is 5.32 Å². The van der Waals surface area contributed by atoms with E-state index in [0.29, 0.717) is 5.92 Å². The molecule has 2 amide bonds. The van der Waals surface area contributed by atoms with Crippen molar-refractivity contribution in [1.82, 2.24) is 9.97 Å². The number of carbonyl (C=O) groups is 1. The molecule has 30 heavy (non-hydrogen) atoms. The van der Waals surface area contributed by atoms with Crippen molar-refractivity contribution in [3.05, 3.63) is 65.8 Å². The molecule has 1 aromatic carbocycles. The molecule has 5 nitrogen and oxygen atoms in total. The minimum atomic E-state index is -4.47. The molecule has 1 unspecified atom stereocenters. The number of nitrogens with zero attached hydrogens (tertiary/aromatic N) is 2. The summed E-state index contributed by atoms with van der Waals surface area (Å²) in [5.74, 6) is 0.717. The van der Waals surface area contributed by atoms with Gasteiger partial charge in [0.15, 0.2) is 0 Å². The Morgan fingerprint density at radius 1 is 1.10 bits per heavy atom. The van der Waals surface area contributed by atoms with Crippen LogP contribution in [0, 0.1) is 6.42 Å². The van der Waals surface area contributed by atoms with E-state index in [1.807, 2.05) is 12.3 Å². The first-order valence-corrected chi connectivity index (χ1v) is 10.2. The van der Waals surface area contributed by atoms with Crippen LogP contribution in [0.2, 0.25) is 0 Å². The van der Waals surface area contributed by atoms with Crippen molar-refractivity contribution in [2.75, 3.05) is 10.6 Å². The molecule has 2 aromatic heterocycles. The second kappa shape index (κ2) is 8.43. The van der Waals surface area contributed by atoms with Crippen LogP contribution in [0.3, 0.4) is 0 Å². The number of carbonyl (C=O) groups excluding carboxylic acids is 1. The monoisotopic (exact) mass is 431 g/mol. The second-order valence-electron chi connectivity index (χ2n) is 6.93. The van der Waals surface area contributed by atoms with E-state index >= 15 is 0 Å². The molecule has 2 N–H and O–H groups in total. The van der Waals surface area contributed by atoms with Gasteiger partial charge >= 0.3 is 12.2 Å². The molecular formula is C21H18F3N4OS. The Hall–Kier alpha value is -2.94. The summed E-state index contributed by atoms with van der Waals surface area (Å²) in [7, 11) is 0. The molecule has 1 aliphatic rings. The molecule has 2 heterocycles. The average molecular weight is 431 g/mol. The third kappa shape index (κ3) is 4.79. The maximum Gasteiger partial charge on any atom is 0.416 e. The quantitative estimate of drug-likeness (QED) is 0.507. The van der Waals surface area contributed by atoms with Crippen molar-refractivity contribution in [2.45, 2.75) is 31.4 Å². The highest BCUT2D eigenvalue weighted by Gasteiger charge is 2.30. The number of rotatable bonds is 4. The molecule has 155 valence electrons. The summed E-state index contributed by atoms with van der Waals surface area (Å²) in [4.78, 5) is 21.8. The molecule has 0 aliphatic heterocycles. The maximum absolute atomic E-state index is 12.8. The van der Waals surface area contributed by atoms with Gasteiger partial charge in [-0.3, -0.25) is 5.32 Å². The number of nitrogens with one attached hydrogen (secondary N) is 2. The normalized spacial score (nSPS) is 14.6. The lowest BCUT2D eigenvalue weighted by atomic mass is 10.1. The molecule has 0 saturated heterocycles. The van der Waals surface area contributed by atoms with Gasteiger partial charge in [-0.2, -0.15) is 13.2 Å². The standard InChI is InChI=1S/C21H18F3N4OS/c22-21(23,24)15-6-3-7-16(10-15)27-20(29)28-18-9-8-14(11-25-18)17-12-26-19(30-17)13-4-1-2-5-13/h3-4,6-13H,1-2,5H2,(H2,25,27,28,29). The molecule has 1 radical (unpaired) electrons. The first kappa shape index (κ1) is 20.3. The number of aromatic nitrogens is 2. The zero-order valence-electron chi connectivity index (χ0n) is 15.7. The van der Waals surface area contributed by atoms with E-state index in [1.165, 1.54) is 18.6 Å². The first-order valence-electron chi connectivity index (χ1n) is 9.39. The third-order valence-electron chi connectivity index (χ3n) is 4.75. The molecule has 0 spiro atoms. The molecule has 3 aromatic rings. The van der Waals surface area contributed by atoms with Crippen LogP contribution in [-0.2, 0) is 6.18 Å². The first-order chi connectivity index (χ1) is 14.4. The van der Waals surface area contributed by atoms with E-state index in [0.717, 1.165) is 40.4 Å². The Bertz CT molecular complexity index is 1030. The topological polar surface area (TPSA) is 66.9 Å². The minimum absolute atomic E-state index is 0.0415. The number of amides is 2. The Balaban J connectivity index is 1.38. The van der Waals surface area contributed by atoms with Gasteiger partial charge in [-0.1, -0.05) is 12.5 Å². The Morgan fingerprint density at radius 2 is 1.97 bits per heavy atom. The van der Waals surface area contributed by atoms with Crippen LogP contribution in [0.5, 0.6) is 0 Å². The zero-order chi connectivity index (χ0) is 21.1. The summed E-state index contributed by atoms with van der Waals surface area (Å²) in [6.45, 7) is 0. The fourth-order valence-corrected chi connectivity index (χ4v) is 4.30. The van der Waals surface area contributed by atoms with E-state index in [4.69, 9.17) is 0 Å². The Morgan fingerprint density at radius 3 is 2.67 bits per heavy atom. The molecule has 1 saturated carbocycles. The Labute approximate surface area is 175 Å². The van der Waals surface area contributed by atoms with Crippen molar-refractivity contribution in [2.24, 2.45) is 0 Å². The van der Waals surface area contributed by atoms with Gasteiger partial charge in [0.25, 0.3) is 0 Å². The van der Waals surface area contributed by atoms with E-state index in [-0.39, 0.29) is 11.5 Å². The van der Waals surface area contributed by atoms with Crippen LogP contribution < -0.4 is 10.6 Å². The van der Waals surface area contributed by atoms with Gasteiger partial charge in [0, 0.05) is 29.6 Å². The largest absolute Gasteiger partial charge is 0.416 e. The summed E-state index contributed by atoms with van der Waals surface area (Å²) >= 11 is 1.63. The van der Waals surface area contributed by atoms with Crippen molar-refractivity contribution in [3.63, 3.8) is 0 Å². The van der Waals surface area contributed by atoms with Crippen molar-refractivity contribution in [1.29, 1.82) is 0 Å².